The molecule has 1 N–H and O–H groups in total. The first kappa shape index (κ1) is 18.4. The molecule has 0 bridgehead atoms. The molecule has 132 valence electrons. The van der Waals surface area contributed by atoms with Crippen LogP contribution in [0.4, 0.5) is 0 Å². The van der Waals surface area contributed by atoms with Gasteiger partial charge >= 0.3 is 0 Å². The van der Waals surface area contributed by atoms with Gasteiger partial charge in [-0.1, -0.05) is 18.2 Å². The minimum absolute atomic E-state index is 0.219. The van der Waals surface area contributed by atoms with Crippen LogP contribution in [0.1, 0.15) is 32.9 Å². The van der Waals surface area contributed by atoms with Crippen LogP contribution in [0.15, 0.2) is 59.7 Å². The van der Waals surface area contributed by atoms with E-state index in [1.54, 1.807) is 18.3 Å². The van der Waals surface area contributed by atoms with Gasteiger partial charge in [-0.15, -0.1) is 0 Å². The molecule has 5 heteroatoms. The minimum atomic E-state index is -0.219. The summed E-state index contributed by atoms with van der Waals surface area (Å²) in [5, 5.41) is 4.12. The van der Waals surface area contributed by atoms with E-state index in [1.807, 2.05) is 18.2 Å². The molecule has 0 unspecified atom stereocenters. The van der Waals surface area contributed by atoms with Gasteiger partial charge in [-0.2, -0.15) is 5.10 Å². The summed E-state index contributed by atoms with van der Waals surface area (Å²) in [7, 11) is 0. The molecule has 0 aliphatic heterocycles. The Morgan fingerprint density at radius 1 is 1.08 bits per heavy atom. The highest BCUT2D eigenvalue weighted by molar-refractivity contribution is 14.1. The first-order valence-corrected chi connectivity index (χ1v) is 9.39. The average molecular weight is 457 g/mol. The standard InChI is InChI=1S/C21H20IN3O/c1-14-11-19(9-10-20(14)22)25-15(2)12-18(16(25)3)13-23-24-21(26)17-7-5-4-6-8-17/h4-13H,1-3H3,(H,24,26)/b23-13-. The van der Waals surface area contributed by atoms with Crippen LogP contribution in [-0.2, 0) is 0 Å². The third kappa shape index (κ3) is 3.88. The Bertz CT molecular complexity index is 974. The number of hydrazone groups is 1. The highest BCUT2D eigenvalue weighted by atomic mass is 127. The molecule has 3 rings (SSSR count). The predicted octanol–water partition coefficient (Wildman–Crippen LogP) is 4.77. The number of aryl methyl sites for hydroxylation is 2. The van der Waals surface area contributed by atoms with Gasteiger partial charge in [0.25, 0.3) is 5.91 Å². The summed E-state index contributed by atoms with van der Waals surface area (Å²) in [6.45, 7) is 6.24. The fraction of sp³-hybridized carbons (Fsp3) is 0.143. The zero-order valence-corrected chi connectivity index (χ0v) is 17.1. The molecule has 0 radical (unpaired) electrons. The van der Waals surface area contributed by atoms with Gasteiger partial charge in [0.05, 0.1) is 6.21 Å². The Kier molecular flexibility index (Phi) is 5.56. The number of halogens is 1. The van der Waals surface area contributed by atoms with Crippen molar-refractivity contribution in [3.63, 3.8) is 0 Å². The molecule has 0 saturated heterocycles. The van der Waals surface area contributed by atoms with E-state index in [2.05, 4.69) is 82.7 Å². The van der Waals surface area contributed by atoms with Crippen LogP contribution in [0.5, 0.6) is 0 Å². The molecule has 1 amide bonds. The fourth-order valence-electron chi connectivity index (χ4n) is 2.90. The van der Waals surface area contributed by atoms with Gasteiger partial charge in [0.2, 0.25) is 0 Å². The lowest BCUT2D eigenvalue weighted by Crippen LogP contribution is -2.17. The van der Waals surface area contributed by atoms with Crippen LogP contribution < -0.4 is 5.43 Å². The van der Waals surface area contributed by atoms with Gasteiger partial charge in [-0.3, -0.25) is 4.79 Å². The maximum atomic E-state index is 12.1. The van der Waals surface area contributed by atoms with E-state index in [-0.39, 0.29) is 5.91 Å². The van der Waals surface area contributed by atoms with Crippen molar-refractivity contribution in [1.82, 2.24) is 9.99 Å². The summed E-state index contributed by atoms with van der Waals surface area (Å²) in [4.78, 5) is 12.1. The molecule has 4 nitrogen and oxygen atoms in total. The smallest absolute Gasteiger partial charge is 0.271 e. The predicted molar refractivity (Wildman–Crippen MR) is 114 cm³/mol. The zero-order valence-electron chi connectivity index (χ0n) is 15.0. The van der Waals surface area contributed by atoms with Crippen LogP contribution >= 0.6 is 22.6 Å². The first-order chi connectivity index (χ1) is 12.5. The lowest BCUT2D eigenvalue weighted by Gasteiger charge is -2.11. The summed E-state index contributed by atoms with van der Waals surface area (Å²) in [6.07, 6.45) is 1.69. The van der Waals surface area contributed by atoms with Crippen LogP contribution in [0.2, 0.25) is 0 Å². The second-order valence-electron chi connectivity index (χ2n) is 6.16. The van der Waals surface area contributed by atoms with Gasteiger partial charge in [-0.05, 0) is 85.3 Å². The van der Waals surface area contributed by atoms with Crippen molar-refractivity contribution in [2.24, 2.45) is 5.10 Å². The third-order valence-electron chi connectivity index (χ3n) is 4.28. The van der Waals surface area contributed by atoms with Gasteiger partial charge < -0.3 is 4.57 Å². The van der Waals surface area contributed by atoms with E-state index in [4.69, 9.17) is 0 Å². The molecule has 0 fully saturated rings. The van der Waals surface area contributed by atoms with E-state index in [9.17, 15) is 4.79 Å². The highest BCUT2D eigenvalue weighted by Gasteiger charge is 2.10. The van der Waals surface area contributed by atoms with E-state index in [1.165, 1.54) is 9.13 Å². The van der Waals surface area contributed by atoms with Crippen molar-refractivity contribution >= 4 is 34.7 Å². The quantitative estimate of drug-likeness (QED) is 0.343. The molecule has 0 atom stereocenters. The van der Waals surface area contributed by atoms with Crippen LogP contribution in [0.3, 0.4) is 0 Å². The fourth-order valence-corrected chi connectivity index (χ4v) is 3.23. The SMILES string of the molecule is Cc1cc(-n2c(C)cc(/C=N\NC(=O)c3ccccc3)c2C)ccc1I. The maximum Gasteiger partial charge on any atom is 0.271 e. The van der Waals surface area contributed by atoms with E-state index >= 15 is 0 Å². The topological polar surface area (TPSA) is 46.4 Å². The maximum absolute atomic E-state index is 12.1. The van der Waals surface area contributed by atoms with Crippen molar-refractivity contribution in [3.05, 3.63) is 86.2 Å². The third-order valence-corrected chi connectivity index (χ3v) is 5.49. The van der Waals surface area contributed by atoms with Crippen LogP contribution in [0, 0.1) is 24.3 Å². The molecule has 0 aliphatic carbocycles. The Balaban J connectivity index is 1.81. The largest absolute Gasteiger partial charge is 0.318 e. The number of carbonyl (C=O) groups excluding carboxylic acids is 1. The molecule has 0 aliphatic rings. The molecular formula is C21H20IN3O. The Morgan fingerprint density at radius 3 is 2.50 bits per heavy atom. The molecule has 2 aromatic carbocycles. The minimum Gasteiger partial charge on any atom is -0.318 e. The van der Waals surface area contributed by atoms with Crippen molar-refractivity contribution in [2.45, 2.75) is 20.8 Å². The second-order valence-corrected chi connectivity index (χ2v) is 7.32. The monoisotopic (exact) mass is 457 g/mol. The van der Waals surface area contributed by atoms with Crippen LogP contribution in [-0.4, -0.2) is 16.7 Å². The van der Waals surface area contributed by atoms with E-state index < -0.39 is 0 Å². The number of amides is 1. The molecule has 1 heterocycles. The van der Waals surface area contributed by atoms with Gasteiger partial charge in [0, 0.05) is 31.8 Å². The summed E-state index contributed by atoms with van der Waals surface area (Å²) >= 11 is 2.34. The first-order valence-electron chi connectivity index (χ1n) is 8.31. The van der Waals surface area contributed by atoms with Gasteiger partial charge in [-0.25, -0.2) is 5.43 Å². The van der Waals surface area contributed by atoms with E-state index in [0.29, 0.717) is 5.56 Å². The molecule has 0 spiro atoms. The number of benzene rings is 2. The summed E-state index contributed by atoms with van der Waals surface area (Å²) in [5.41, 5.74) is 8.74. The van der Waals surface area contributed by atoms with Crippen molar-refractivity contribution in [2.75, 3.05) is 0 Å². The number of aromatic nitrogens is 1. The lowest BCUT2D eigenvalue weighted by atomic mass is 10.2. The van der Waals surface area contributed by atoms with Crippen molar-refractivity contribution in [3.8, 4) is 5.69 Å². The summed E-state index contributed by atoms with van der Waals surface area (Å²) < 4.78 is 3.45. The number of rotatable bonds is 4. The highest BCUT2D eigenvalue weighted by Crippen LogP contribution is 2.22. The van der Waals surface area contributed by atoms with Gasteiger partial charge in [0.1, 0.15) is 0 Å². The molecule has 3 aromatic rings. The Labute approximate surface area is 167 Å². The molecule has 0 saturated carbocycles. The van der Waals surface area contributed by atoms with Crippen molar-refractivity contribution < 1.29 is 4.79 Å². The number of nitrogens with zero attached hydrogens (tertiary/aromatic N) is 2. The van der Waals surface area contributed by atoms with Crippen LogP contribution in [0.25, 0.3) is 5.69 Å². The summed E-state index contributed by atoms with van der Waals surface area (Å²) in [5.74, 6) is -0.219. The lowest BCUT2D eigenvalue weighted by molar-refractivity contribution is 0.0955. The summed E-state index contributed by atoms with van der Waals surface area (Å²) in [6, 6.07) is 17.5. The second kappa shape index (κ2) is 7.86. The Hall–Kier alpha value is -2.41. The van der Waals surface area contributed by atoms with Gasteiger partial charge in [0.15, 0.2) is 0 Å². The average Bonchev–Trinajstić information content (AvgIpc) is 2.92. The molecule has 1 aromatic heterocycles. The number of nitrogens with one attached hydrogen (secondary N) is 1. The number of hydrogen-bond acceptors (Lipinski definition) is 2. The number of carbonyl (C=O) groups is 1. The normalized spacial score (nSPS) is 11.1. The molecular weight excluding hydrogens is 437 g/mol. The number of hydrogen-bond donors (Lipinski definition) is 1. The molecule has 26 heavy (non-hydrogen) atoms. The Morgan fingerprint density at radius 2 is 1.81 bits per heavy atom. The van der Waals surface area contributed by atoms with Crippen molar-refractivity contribution in [1.29, 1.82) is 0 Å². The zero-order chi connectivity index (χ0) is 18.7. The van der Waals surface area contributed by atoms with E-state index in [0.717, 1.165) is 22.6 Å².